The van der Waals surface area contributed by atoms with Gasteiger partial charge in [-0.25, -0.2) is 9.50 Å². The molecule has 1 aliphatic rings. The van der Waals surface area contributed by atoms with E-state index in [1.807, 2.05) is 0 Å². The minimum atomic E-state index is -4.64. The van der Waals surface area contributed by atoms with Gasteiger partial charge in [0.05, 0.1) is 11.9 Å². The van der Waals surface area contributed by atoms with Gasteiger partial charge in [0.25, 0.3) is 5.91 Å². The summed E-state index contributed by atoms with van der Waals surface area (Å²) in [6.07, 6.45) is -0.641. The maximum absolute atomic E-state index is 13.7. The fourth-order valence-corrected chi connectivity index (χ4v) is 3.62. The summed E-state index contributed by atoms with van der Waals surface area (Å²) in [5.74, 6) is -0.330. The summed E-state index contributed by atoms with van der Waals surface area (Å²) in [5, 5.41) is 3.83. The Balaban J connectivity index is 1.87. The largest absolute Gasteiger partial charge is 0.433 e. The number of likely N-dealkylation sites (tertiary alicyclic amines) is 1. The van der Waals surface area contributed by atoms with E-state index in [0.29, 0.717) is 23.2 Å². The molecule has 146 valence electrons. The molecule has 9 heteroatoms. The molecule has 1 saturated heterocycles. The molecule has 1 fully saturated rings. The summed E-state index contributed by atoms with van der Waals surface area (Å²) in [7, 11) is 0. The van der Waals surface area contributed by atoms with Gasteiger partial charge < -0.3 is 4.90 Å². The normalized spacial score (nSPS) is 15.2. The maximum Gasteiger partial charge on any atom is 0.433 e. The van der Waals surface area contributed by atoms with Crippen LogP contribution in [-0.2, 0) is 6.18 Å². The summed E-state index contributed by atoms with van der Waals surface area (Å²) >= 11 is 3.31. The summed E-state index contributed by atoms with van der Waals surface area (Å²) in [4.78, 5) is 18.9. The zero-order valence-electron chi connectivity index (χ0n) is 14.7. The molecule has 0 radical (unpaired) electrons. The molecule has 0 N–H and O–H groups in total. The first-order valence-electron chi connectivity index (χ1n) is 8.86. The monoisotopic (exact) mass is 452 g/mol. The number of alkyl halides is 3. The van der Waals surface area contributed by atoms with Crippen LogP contribution in [0.3, 0.4) is 0 Å². The lowest BCUT2D eigenvalue weighted by atomic mass is 10.1. The van der Waals surface area contributed by atoms with Gasteiger partial charge in [-0.05, 0) is 37.5 Å². The highest BCUT2D eigenvalue weighted by atomic mass is 79.9. The number of hydrogen-bond donors (Lipinski definition) is 0. The molecule has 1 aliphatic heterocycles. The predicted octanol–water partition coefficient (Wildman–Crippen LogP) is 4.80. The van der Waals surface area contributed by atoms with Crippen molar-refractivity contribution >= 4 is 27.5 Å². The predicted molar refractivity (Wildman–Crippen MR) is 101 cm³/mol. The van der Waals surface area contributed by atoms with Crippen molar-refractivity contribution in [3.63, 3.8) is 0 Å². The van der Waals surface area contributed by atoms with E-state index in [1.165, 1.54) is 6.20 Å². The minimum Gasteiger partial charge on any atom is -0.338 e. The fraction of sp³-hybridized carbons (Fsp3) is 0.316. The lowest BCUT2D eigenvalue weighted by molar-refractivity contribution is -0.142. The van der Waals surface area contributed by atoms with E-state index in [1.54, 1.807) is 29.2 Å². The second-order valence-electron chi connectivity index (χ2n) is 6.68. The van der Waals surface area contributed by atoms with Crippen LogP contribution < -0.4 is 0 Å². The van der Waals surface area contributed by atoms with Gasteiger partial charge in [0.15, 0.2) is 11.3 Å². The molecule has 0 unspecified atom stereocenters. The first-order chi connectivity index (χ1) is 13.3. The van der Waals surface area contributed by atoms with Gasteiger partial charge in [-0.15, -0.1) is 0 Å². The topological polar surface area (TPSA) is 50.5 Å². The van der Waals surface area contributed by atoms with E-state index in [9.17, 15) is 18.0 Å². The Bertz CT molecular complexity index is 1020. The van der Waals surface area contributed by atoms with Gasteiger partial charge in [0, 0.05) is 23.1 Å². The average molecular weight is 453 g/mol. The quantitative estimate of drug-likeness (QED) is 0.560. The SMILES string of the molecule is O=C(c1cnn2c(C(F)(F)F)cc(-c3ccc(Br)cc3)nc12)N1CCCCC1. The minimum absolute atomic E-state index is 0.0803. The van der Waals surface area contributed by atoms with E-state index < -0.39 is 11.9 Å². The van der Waals surface area contributed by atoms with Crippen LogP contribution in [0.4, 0.5) is 13.2 Å². The van der Waals surface area contributed by atoms with Gasteiger partial charge in [-0.2, -0.15) is 18.3 Å². The number of fused-ring (bicyclic) bond motifs is 1. The molecular formula is C19H16BrF3N4O. The van der Waals surface area contributed by atoms with Crippen LogP contribution >= 0.6 is 15.9 Å². The van der Waals surface area contributed by atoms with Gasteiger partial charge >= 0.3 is 6.18 Å². The van der Waals surface area contributed by atoms with Crippen molar-refractivity contribution in [1.29, 1.82) is 0 Å². The number of benzene rings is 1. The van der Waals surface area contributed by atoms with Crippen LogP contribution in [0.15, 0.2) is 41.0 Å². The Labute approximate surface area is 167 Å². The zero-order chi connectivity index (χ0) is 19.9. The van der Waals surface area contributed by atoms with Crippen molar-refractivity contribution in [2.24, 2.45) is 0 Å². The molecule has 1 aromatic carbocycles. The first-order valence-corrected chi connectivity index (χ1v) is 9.65. The molecule has 0 bridgehead atoms. The molecule has 0 aliphatic carbocycles. The Morgan fingerprint density at radius 2 is 1.75 bits per heavy atom. The van der Waals surface area contributed by atoms with Crippen molar-refractivity contribution in [3.05, 3.63) is 52.3 Å². The molecule has 4 rings (SSSR count). The summed E-state index contributed by atoms with van der Waals surface area (Å²) in [5.41, 5.74) is -0.294. The van der Waals surface area contributed by atoms with E-state index in [-0.39, 0.29) is 22.8 Å². The summed E-state index contributed by atoms with van der Waals surface area (Å²) in [6.45, 7) is 1.18. The molecule has 28 heavy (non-hydrogen) atoms. The zero-order valence-corrected chi connectivity index (χ0v) is 16.3. The molecule has 0 atom stereocenters. The van der Waals surface area contributed by atoms with Crippen molar-refractivity contribution in [2.45, 2.75) is 25.4 Å². The van der Waals surface area contributed by atoms with E-state index in [2.05, 4.69) is 26.0 Å². The third-order valence-electron chi connectivity index (χ3n) is 4.78. The standard InChI is InChI=1S/C19H16BrF3N4O/c20-13-6-4-12(5-7-13)15-10-16(19(21,22)23)27-17(25-15)14(11-24-27)18(28)26-8-2-1-3-9-26/h4-7,10-11H,1-3,8-9H2. The van der Waals surface area contributed by atoms with Gasteiger partial charge in [0.2, 0.25) is 0 Å². The number of aromatic nitrogens is 3. The molecule has 5 nitrogen and oxygen atoms in total. The summed E-state index contributed by atoms with van der Waals surface area (Å²) < 4.78 is 42.5. The molecule has 2 aromatic heterocycles. The number of rotatable bonds is 2. The Morgan fingerprint density at radius 1 is 1.07 bits per heavy atom. The van der Waals surface area contributed by atoms with Gasteiger partial charge in [0.1, 0.15) is 5.56 Å². The van der Waals surface area contributed by atoms with E-state index in [0.717, 1.165) is 29.8 Å². The highest BCUT2D eigenvalue weighted by Gasteiger charge is 2.36. The highest BCUT2D eigenvalue weighted by molar-refractivity contribution is 9.10. The molecule has 1 amide bonds. The fourth-order valence-electron chi connectivity index (χ4n) is 3.35. The number of amides is 1. The smallest absolute Gasteiger partial charge is 0.338 e. The molecule has 3 aromatic rings. The summed E-state index contributed by atoms with van der Waals surface area (Å²) in [6, 6.07) is 7.75. The van der Waals surface area contributed by atoms with Gasteiger partial charge in [-0.3, -0.25) is 4.79 Å². The highest BCUT2D eigenvalue weighted by Crippen LogP contribution is 2.33. The number of hydrogen-bond acceptors (Lipinski definition) is 3. The van der Waals surface area contributed by atoms with Crippen molar-refractivity contribution in [1.82, 2.24) is 19.5 Å². The third-order valence-corrected chi connectivity index (χ3v) is 5.30. The number of carbonyl (C=O) groups is 1. The first kappa shape index (κ1) is 18.9. The van der Waals surface area contributed by atoms with Crippen LogP contribution in [0.25, 0.3) is 16.9 Å². The maximum atomic E-state index is 13.7. The van der Waals surface area contributed by atoms with Crippen LogP contribution in [0, 0.1) is 0 Å². The number of carbonyl (C=O) groups excluding carboxylic acids is 1. The number of nitrogens with zero attached hydrogens (tertiary/aromatic N) is 4. The lowest BCUT2D eigenvalue weighted by Crippen LogP contribution is -2.35. The molecule has 0 saturated carbocycles. The van der Waals surface area contributed by atoms with E-state index >= 15 is 0 Å². The van der Waals surface area contributed by atoms with E-state index in [4.69, 9.17) is 0 Å². The molecular weight excluding hydrogens is 437 g/mol. The molecule has 0 spiro atoms. The Kier molecular flexibility index (Phi) is 4.86. The van der Waals surface area contributed by atoms with Crippen molar-refractivity contribution in [2.75, 3.05) is 13.1 Å². The van der Waals surface area contributed by atoms with Crippen LogP contribution in [0.2, 0.25) is 0 Å². The van der Waals surface area contributed by atoms with Crippen LogP contribution in [0.5, 0.6) is 0 Å². The van der Waals surface area contributed by atoms with Crippen LogP contribution in [-0.4, -0.2) is 38.5 Å². The third kappa shape index (κ3) is 3.50. The average Bonchev–Trinajstić information content (AvgIpc) is 3.11. The number of piperidine rings is 1. The van der Waals surface area contributed by atoms with Gasteiger partial charge in [-0.1, -0.05) is 28.1 Å². The second kappa shape index (κ2) is 7.20. The lowest BCUT2D eigenvalue weighted by Gasteiger charge is -2.26. The van der Waals surface area contributed by atoms with Crippen LogP contribution in [0.1, 0.15) is 35.3 Å². The second-order valence-corrected chi connectivity index (χ2v) is 7.59. The Hall–Kier alpha value is -2.42. The Morgan fingerprint density at radius 3 is 2.39 bits per heavy atom. The molecule has 3 heterocycles. The van der Waals surface area contributed by atoms with Crippen molar-refractivity contribution < 1.29 is 18.0 Å². The number of halogens is 4. The van der Waals surface area contributed by atoms with Crippen molar-refractivity contribution in [3.8, 4) is 11.3 Å².